The highest BCUT2D eigenvalue weighted by molar-refractivity contribution is 6.17. The SMILES string of the molecule is C=CCc1cc(C(C)(C)C)c(C([SiH3])(Oc2ccccc2)c2ccccc2)c(C(C)(C)C)c1. The second-order valence-electron chi connectivity index (χ2n) is 10.9. The lowest BCUT2D eigenvalue weighted by molar-refractivity contribution is 0.195. The van der Waals surface area contributed by atoms with E-state index in [-0.39, 0.29) is 10.8 Å². The highest BCUT2D eigenvalue weighted by Gasteiger charge is 2.40. The molecule has 3 aromatic carbocycles. The van der Waals surface area contributed by atoms with Gasteiger partial charge in [0.15, 0.2) is 0 Å². The lowest BCUT2D eigenvalue weighted by atomic mass is 9.72. The van der Waals surface area contributed by atoms with Crippen molar-refractivity contribution in [3.05, 3.63) is 113 Å². The minimum absolute atomic E-state index is 0.0308. The van der Waals surface area contributed by atoms with Gasteiger partial charge in [0.25, 0.3) is 0 Å². The molecular weight excluding hydrogens is 404 g/mol. The maximum atomic E-state index is 6.99. The highest BCUT2D eigenvalue weighted by atomic mass is 28.1. The molecule has 0 N–H and O–H groups in total. The maximum absolute atomic E-state index is 6.99. The molecule has 168 valence electrons. The van der Waals surface area contributed by atoms with E-state index in [0.29, 0.717) is 0 Å². The van der Waals surface area contributed by atoms with Gasteiger partial charge in [0.05, 0.1) is 10.2 Å². The maximum Gasteiger partial charge on any atom is 0.135 e. The van der Waals surface area contributed by atoms with Crippen molar-refractivity contribution in [2.24, 2.45) is 0 Å². The van der Waals surface area contributed by atoms with E-state index in [9.17, 15) is 0 Å². The normalized spacial score (nSPS) is 14.1. The van der Waals surface area contributed by atoms with Gasteiger partial charge in [0.2, 0.25) is 0 Å². The molecule has 32 heavy (non-hydrogen) atoms. The van der Waals surface area contributed by atoms with Crippen molar-refractivity contribution >= 4 is 10.2 Å². The summed E-state index contributed by atoms with van der Waals surface area (Å²) < 4.78 is 6.99. The molecule has 0 bridgehead atoms. The molecule has 0 aliphatic rings. The van der Waals surface area contributed by atoms with Gasteiger partial charge in [-0.05, 0) is 51.6 Å². The molecule has 3 rings (SSSR count). The van der Waals surface area contributed by atoms with Gasteiger partial charge in [-0.3, -0.25) is 0 Å². The van der Waals surface area contributed by atoms with Crippen molar-refractivity contribution in [1.82, 2.24) is 0 Å². The smallest absolute Gasteiger partial charge is 0.135 e. The van der Waals surface area contributed by atoms with Gasteiger partial charge >= 0.3 is 0 Å². The minimum Gasteiger partial charge on any atom is -0.483 e. The van der Waals surface area contributed by atoms with Crippen LogP contribution >= 0.6 is 0 Å². The van der Waals surface area contributed by atoms with Crippen LogP contribution in [0, 0.1) is 0 Å². The van der Waals surface area contributed by atoms with Crippen LogP contribution in [0.2, 0.25) is 0 Å². The Morgan fingerprint density at radius 1 is 0.781 bits per heavy atom. The molecule has 0 aliphatic carbocycles. The van der Waals surface area contributed by atoms with E-state index < -0.39 is 5.22 Å². The molecule has 0 aliphatic heterocycles. The summed E-state index contributed by atoms with van der Waals surface area (Å²) in [4.78, 5) is 0. The van der Waals surface area contributed by atoms with Crippen molar-refractivity contribution in [2.75, 3.05) is 0 Å². The minimum atomic E-state index is -0.513. The van der Waals surface area contributed by atoms with Gasteiger partial charge in [-0.15, -0.1) is 6.58 Å². The van der Waals surface area contributed by atoms with Crippen molar-refractivity contribution in [3.8, 4) is 5.75 Å². The summed E-state index contributed by atoms with van der Waals surface area (Å²) in [6.07, 6.45) is 2.87. The molecule has 0 spiro atoms. The van der Waals surface area contributed by atoms with Crippen molar-refractivity contribution in [3.63, 3.8) is 0 Å². The third-order valence-electron chi connectivity index (χ3n) is 6.06. The second kappa shape index (κ2) is 9.11. The fraction of sp³-hybridized carbons (Fsp3) is 0.333. The third kappa shape index (κ3) is 5.07. The Labute approximate surface area is 198 Å². The fourth-order valence-corrected chi connectivity index (χ4v) is 5.53. The van der Waals surface area contributed by atoms with Crippen molar-refractivity contribution in [1.29, 1.82) is 0 Å². The van der Waals surface area contributed by atoms with E-state index in [2.05, 4.69) is 103 Å². The van der Waals surface area contributed by atoms with Crippen LogP contribution in [-0.4, -0.2) is 10.2 Å². The molecule has 0 aromatic heterocycles. The predicted octanol–water partition coefficient (Wildman–Crippen LogP) is 6.66. The predicted molar refractivity (Wildman–Crippen MR) is 142 cm³/mol. The van der Waals surface area contributed by atoms with Crippen LogP contribution in [0.4, 0.5) is 0 Å². The highest BCUT2D eigenvalue weighted by Crippen LogP contribution is 2.44. The topological polar surface area (TPSA) is 9.23 Å². The van der Waals surface area contributed by atoms with Crippen LogP contribution < -0.4 is 4.74 Å². The first-order valence-corrected chi connectivity index (χ1v) is 12.6. The zero-order valence-electron chi connectivity index (χ0n) is 20.8. The van der Waals surface area contributed by atoms with Crippen LogP contribution in [-0.2, 0) is 22.5 Å². The number of ether oxygens (including phenoxy) is 1. The van der Waals surface area contributed by atoms with E-state index in [1.807, 2.05) is 24.3 Å². The summed E-state index contributed by atoms with van der Waals surface area (Å²) in [5.74, 6) is 0.904. The Balaban J connectivity index is 2.43. The van der Waals surface area contributed by atoms with Gasteiger partial charge < -0.3 is 4.74 Å². The summed E-state index contributed by atoms with van der Waals surface area (Å²) in [5, 5.41) is -0.513. The van der Waals surface area contributed by atoms with E-state index in [1.165, 1.54) is 27.8 Å². The Morgan fingerprint density at radius 2 is 1.25 bits per heavy atom. The van der Waals surface area contributed by atoms with E-state index in [1.54, 1.807) is 0 Å². The van der Waals surface area contributed by atoms with E-state index >= 15 is 0 Å². The number of rotatable bonds is 6. The molecule has 0 amide bonds. The number of hydrogen-bond donors (Lipinski definition) is 0. The number of benzene rings is 3. The lowest BCUT2D eigenvalue weighted by Crippen LogP contribution is -2.40. The van der Waals surface area contributed by atoms with Crippen LogP contribution in [0.25, 0.3) is 0 Å². The molecule has 0 radical (unpaired) electrons. The first-order valence-electron chi connectivity index (χ1n) is 11.6. The first kappa shape index (κ1) is 24.1. The molecule has 1 nitrogen and oxygen atoms in total. The third-order valence-corrected chi connectivity index (χ3v) is 7.34. The Bertz CT molecular complexity index is 1020. The monoisotopic (exact) mass is 442 g/mol. The van der Waals surface area contributed by atoms with Gasteiger partial charge in [0.1, 0.15) is 11.0 Å². The average Bonchev–Trinajstić information content (AvgIpc) is 2.73. The zero-order chi connectivity index (χ0) is 23.6. The van der Waals surface area contributed by atoms with Gasteiger partial charge in [0, 0.05) is 5.56 Å². The van der Waals surface area contributed by atoms with Crippen LogP contribution in [0.15, 0.2) is 85.5 Å². The summed E-state index contributed by atoms with van der Waals surface area (Å²) in [5.41, 5.74) is 6.51. The lowest BCUT2D eigenvalue weighted by Gasteiger charge is -2.41. The fourth-order valence-electron chi connectivity index (χ4n) is 4.42. The zero-order valence-corrected chi connectivity index (χ0v) is 22.8. The number of allylic oxidation sites excluding steroid dienone is 1. The molecule has 1 atom stereocenters. The summed E-state index contributed by atoms with van der Waals surface area (Å²) in [6.45, 7) is 17.9. The summed E-state index contributed by atoms with van der Waals surface area (Å²) >= 11 is 0. The van der Waals surface area contributed by atoms with Crippen molar-refractivity contribution < 1.29 is 4.74 Å². The average molecular weight is 443 g/mol. The van der Waals surface area contributed by atoms with Gasteiger partial charge in [-0.2, -0.15) is 0 Å². The quantitative estimate of drug-likeness (QED) is 0.306. The molecule has 0 saturated heterocycles. The number of hydrogen-bond acceptors (Lipinski definition) is 1. The second-order valence-corrected chi connectivity index (χ2v) is 12.3. The molecule has 1 unspecified atom stereocenters. The molecule has 0 fully saturated rings. The summed E-state index contributed by atoms with van der Waals surface area (Å²) in [7, 11) is 0.801. The van der Waals surface area contributed by atoms with Crippen LogP contribution in [0.3, 0.4) is 0 Å². The van der Waals surface area contributed by atoms with E-state index in [4.69, 9.17) is 4.74 Å². The molecular formula is C30H38OSi. The molecule has 0 heterocycles. The van der Waals surface area contributed by atoms with Crippen LogP contribution in [0.5, 0.6) is 5.75 Å². The molecule has 0 saturated carbocycles. The largest absolute Gasteiger partial charge is 0.483 e. The molecule has 2 heteroatoms. The number of para-hydroxylation sites is 1. The Hall–Kier alpha value is -2.58. The van der Waals surface area contributed by atoms with Gasteiger partial charge in [-0.1, -0.05) is 108 Å². The Kier molecular flexibility index (Phi) is 6.85. The van der Waals surface area contributed by atoms with Gasteiger partial charge in [-0.25, -0.2) is 0 Å². The summed E-state index contributed by atoms with van der Waals surface area (Å²) in [6, 6.07) is 25.8. The van der Waals surface area contributed by atoms with Crippen molar-refractivity contribution in [2.45, 2.75) is 64.0 Å². The standard InChI is InChI=1S/C30H38OSi/c1-8-15-22-20-25(28(2,3)4)27(26(21-22)29(5,6)7)30(32,23-16-11-9-12-17-23)31-24-18-13-10-14-19-24/h8-14,16-21H,1,15H2,2-7,32H3. The first-order chi connectivity index (χ1) is 15.0. The van der Waals surface area contributed by atoms with Crippen LogP contribution in [0.1, 0.15) is 69.4 Å². The molecule has 3 aromatic rings. The Morgan fingerprint density at radius 3 is 1.69 bits per heavy atom. The van der Waals surface area contributed by atoms with E-state index in [0.717, 1.165) is 22.4 Å².